The van der Waals surface area contributed by atoms with E-state index in [0.29, 0.717) is 12.2 Å². The lowest BCUT2D eigenvalue weighted by molar-refractivity contribution is -0.199. The van der Waals surface area contributed by atoms with Gasteiger partial charge in [-0.2, -0.15) is 0 Å². The molecule has 198 valence electrons. The fourth-order valence-corrected chi connectivity index (χ4v) is 9.71. The number of carbonyl (C=O) groups is 2. The number of hydrogen-bond donors (Lipinski definition) is 0. The van der Waals surface area contributed by atoms with Gasteiger partial charge < -0.3 is 13.9 Å². The lowest BCUT2D eigenvalue weighted by atomic mass is 9.38. The molecule has 0 aromatic carbocycles. The molecule has 2 aromatic heterocycles. The fourth-order valence-electron chi connectivity index (χ4n) is 9.71. The van der Waals surface area contributed by atoms with E-state index in [9.17, 15) is 9.59 Å². The van der Waals surface area contributed by atoms with E-state index in [1.54, 1.807) is 36.9 Å². The number of pyridine rings is 1. The van der Waals surface area contributed by atoms with Crippen molar-refractivity contribution in [1.29, 1.82) is 0 Å². The maximum atomic E-state index is 13.9. The van der Waals surface area contributed by atoms with Gasteiger partial charge in [-0.05, 0) is 66.4 Å². The molecule has 1 aliphatic heterocycles. The van der Waals surface area contributed by atoms with Crippen molar-refractivity contribution < 1.29 is 23.5 Å². The van der Waals surface area contributed by atoms with Crippen LogP contribution in [0.25, 0.3) is 0 Å². The Morgan fingerprint density at radius 1 is 1.11 bits per heavy atom. The number of furan rings is 1. The molecule has 38 heavy (non-hydrogen) atoms. The number of esters is 1. The Hall–Kier alpha value is -2.99. The second-order valence-electron chi connectivity index (χ2n) is 13.1. The van der Waals surface area contributed by atoms with E-state index < -0.39 is 16.9 Å². The first-order valence-corrected chi connectivity index (χ1v) is 13.8. The summed E-state index contributed by atoms with van der Waals surface area (Å²) in [6, 6.07) is 5.45. The summed E-state index contributed by atoms with van der Waals surface area (Å²) in [6.07, 6.45) is 14.9. The van der Waals surface area contributed by atoms with Crippen LogP contribution in [0.2, 0.25) is 0 Å². The molecule has 0 bridgehead atoms. The first kappa shape index (κ1) is 24.1. The van der Waals surface area contributed by atoms with Gasteiger partial charge in [0.25, 0.3) is 0 Å². The molecule has 1 saturated heterocycles. The topological polar surface area (TPSA) is 78.6 Å². The van der Waals surface area contributed by atoms with Crippen molar-refractivity contribution >= 4 is 11.8 Å². The monoisotopic (exact) mass is 513 g/mol. The van der Waals surface area contributed by atoms with Crippen LogP contribution in [0, 0.1) is 33.5 Å². The van der Waals surface area contributed by atoms with E-state index >= 15 is 0 Å². The van der Waals surface area contributed by atoms with Gasteiger partial charge in [0.15, 0.2) is 5.78 Å². The van der Waals surface area contributed by atoms with Crippen molar-refractivity contribution in [2.24, 2.45) is 33.5 Å². The SMILES string of the molecule is CC12C=CC(=O)C3(C)C1C(OC2)C(OC(=O)c1ccncc1)C1(C)C2=CCC(c4ccoc4)C2(C)CCC13. The van der Waals surface area contributed by atoms with Crippen LogP contribution in [-0.4, -0.2) is 35.6 Å². The molecule has 9 atom stereocenters. The lowest BCUT2D eigenvalue weighted by Gasteiger charge is -2.66. The third kappa shape index (κ3) is 2.85. The van der Waals surface area contributed by atoms with Gasteiger partial charge in [-0.3, -0.25) is 9.78 Å². The van der Waals surface area contributed by atoms with Crippen LogP contribution in [-0.2, 0) is 14.3 Å². The third-order valence-electron chi connectivity index (χ3n) is 11.3. The standard InChI is InChI=1S/C32H35NO5/c1-29-12-8-24(34)32(4)23-7-13-30(2)21(20-11-16-36-17-20)5-6-22(30)31(23,3)27(25(26(29)32)37-18-29)38-28(35)19-9-14-33-15-10-19/h6,8-12,14-17,21,23,25-27H,5,7,13,18H2,1-4H3. The minimum Gasteiger partial charge on any atom is -0.472 e. The van der Waals surface area contributed by atoms with Crippen LogP contribution in [0.15, 0.2) is 71.3 Å². The first-order valence-electron chi connectivity index (χ1n) is 13.8. The van der Waals surface area contributed by atoms with E-state index in [-0.39, 0.29) is 46.4 Å². The van der Waals surface area contributed by atoms with Gasteiger partial charge in [0.2, 0.25) is 0 Å². The molecule has 0 N–H and O–H groups in total. The highest BCUT2D eigenvalue weighted by Gasteiger charge is 2.75. The number of nitrogens with zero attached hydrogens (tertiary/aromatic N) is 1. The maximum absolute atomic E-state index is 13.9. The van der Waals surface area contributed by atoms with E-state index in [1.807, 2.05) is 12.3 Å². The van der Waals surface area contributed by atoms with Crippen molar-refractivity contribution in [3.05, 3.63) is 78.0 Å². The van der Waals surface area contributed by atoms with Crippen LogP contribution in [0.3, 0.4) is 0 Å². The number of allylic oxidation sites excluding steroid dienone is 2. The van der Waals surface area contributed by atoms with Crippen molar-refractivity contribution in [3.8, 4) is 0 Å². The van der Waals surface area contributed by atoms with Crippen molar-refractivity contribution in [2.75, 3.05) is 6.61 Å². The summed E-state index contributed by atoms with van der Waals surface area (Å²) in [5, 5.41) is 0. The molecule has 7 rings (SSSR count). The Labute approximate surface area is 223 Å². The number of rotatable bonds is 3. The Balaban J connectivity index is 1.39. The number of ether oxygens (including phenoxy) is 2. The number of fused-ring (bicyclic) bond motifs is 4. The summed E-state index contributed by atoms with van der Waals surface area (Å²) in [7, 11) is 0. The van der Waals surface area contributed by atoms with Crippen LogP contribution < -0.4 is 0 Å². The molecule has 4 aliphatic carbocycles. The highest BCUT2D eigenvalue weighted by Crippen LogP contribution is 2.74. The molecule has 0 spiro atoms. The van der Waals surface area contributed by atoms with Gasteiger partial charge in [0, 0.05) is 34.6 Å². The fraction of sp³-hybridized carbons (Fsp3) is 0.531. The molecule has 2 aromatic rings. The Morgan fingerprint density at radius 3 is 2.63 bits per heavy atom. The molecule has 5 aliphatic rings. The van der Waals surface area contributed by atoms with E-state index in [2.05, 4.69) is 44.8 Å². The summed E-state index contributed by atoms with van der Waals surface area (Å²) in [5.74, 6) is 0.0596. The summed E-state index contributed by atoms with van der Waals surface area (Å²) >= 11 is 0. The Morgan fingerprint density at radius 2 is 1.89 bits per heavy atom. The second-order valence-corrected chi connectivity index (χ2v) is 13.1. The molecular weight excluding hydrogens is 478 g/mol. The highest BCUT2D eigenvalue weighted by atomic mass is 16.6. The molecule has 3 fully saturated rings. The van der Waals surface area contributed by atoms with Crippen LogP contribution >= 0.6 is 0 Å². The smallest absolute Gasteiger partial charge is 0.338 e. The van der Waals surface area contributed by atoms with Crippen molar-refractivity contribution in [2.45, 2.75) is 65.1 Å². The Bertz CT molecular complexity index is 1360. The minimum absolute atomic E-state index is 0.0207. The predicted octanol–water partition coefficient (Wildman–Crippen LogP) is 5.92. The van der Waals surface area contributed by atoms with Crippen LogP contribution in [0.5, 0.6) is 0 Å². The molecule has 3 heterocycles. The predicted molar refractivity (Wildman–Crippen MR) is 140 cm³/mol. The molecule has 2 saturated carbocycles. The number of hydrogen-bond acceptors (Lipinski definition) is 6. The van der Waals surface area contributed by atoms with E-state index in [1.165, 1.54) is 11.1 Å². The normalized spacial score (nSPS) is 44.7. The van der Waals surface area contributed by atoms with Gasteiger partial charge in [-0.25, -0.2) is 4.79 Å². The molecule has 6 nitrogen and oxygen atoms in total. The molecule has 6 heteroatoms. The minimum atomic E-state index is -0.602. The number of ketones is 1. The highest BCUT2D eigenvalue weighted by molar-refractivity contribution is 5.97. The van der Waals surface area contributed by atoms with Gasteiger partial charge >= 0.3 is 5.97 Å². The number of aromatic nitrogens is 1. The zero-order valence-corrected chi connectivity index (χ0v) is 22.5. The van der Waals surface area contributed by atoms with E-state index in [0.717, 1.165) is 19.3 Å². The maximum Gasteiger partial charge on any atom is 0.338 e. The van der Waals surface area contributed by atoms with Crippen LogP contribution in [0.4, 0.5) is 0 Å². The summed E-state index contributed by atoms with van der Waals surface area (Å²) in [5.41, 5.74) is 1.41. The summed E-state index contributed by atoms with van der Waals surface area (Å²) < 4.78 is 18.6. The molecule has 0 amide bonds. The molecular formula is C32H35NO5. The number of carbonyl (C=O) groups excluding carboxylic acids is 2. The summed E-state index contributed by atoms with van der Waals surface area (Å²) in [4.78, 5) is 31.5. The van der Waals surface area contributed by atoms with Crippen molar-refractivity contribution in [3.63, 3.8) is 0 Å². The lowest BCUT2D eigenvalue weighted by Crippen LogP contribution is -2.69. The zero-order chi connectivity index (χ0) is 26.5. The van der Waals surface area contributed by atoms with Crippen molar-refractivity contribution in [1.82, 2.24) is 4.98 Å². The third-order valence-corrected chi connectivity index (χ3v) is 11.3. The van der Waals surface area contributed by atoms with Gasteiger partial charge in [0.1, 0.15) is 12.2 Å². The average Bonchev–Trinajstić information content (AvgIpc) is 3.63. The summed E-state index contributed by atoms with van der Waals surface area (Å²) in [6.45, 7) is 9.47. The largest absolute Gasteiger partial charge is 0.472 e. The van der Waals surface area contributed by atoms with Crippen LogP contribution in [0.1, 0.15) is 68.8 Å². The molecule has 9 unspecified atom stereocenters. The van der Waals surface area contributed by atoms with Gasteiger partial charge in [-0.15, -0.1) is 0 Å². The Kier molecular flexibility index (Phi) is 4.93. The average molecular weight is 514 g/mol. The second kappa shape index (κ2) is 7.78. The van der Waals surface area contributed by atoms with E-state index in [4.69, 9.17) is 13.9 Å². The molecule has 0 radical (unpaired) electrons. The zero-order valence-electron chi connectivity index (χ0n) is 22.5. The quantitative estimate of drug-likeness (QED) is 0.375. The van der Waals surface area contributed by atoms with Gasteiger partial charge in [-0.1, -0.05) is 45.4 Å². The van der Waals surface area contributed by atoms with Gasteiger partial charge in [0.05, 0.1) is 24.7 Å². The first-order chi connectivity index (χ1) is 18.1.